The van der Waals surface area contributed by atoms with Crippen molar-refractivity contribution < 1.29 is 9.59 Å². The topological polar surface area (TPSA) is 50.3 Å². The fourth-order valence-electron chi connectivity index (χ4n) is 2.98. The Morgan fingerprint density at radius 3 is 2.45 bits per heavy atom. The molecule has 1 fully saturated rings. The summed E-state index contributed by atoms with van der Waals surface area (Å²) in [5.41, 5.74) is 1.30. The minimum atomic E-state index is -0.0853. The number of benzene rings is 1. The van der Waals surface area contributed by atoms with Crippen molar-refractivity contribution in [3.05, 3.63) is 54.0 Å². The normalized spacial score (nSPS) is 18.6. The summed E-state index contributed by atoms with van der Waals surface area (Å²) < 4.78 is 0. The third kappa shape index (κ3) is 2.64. The van der Waals surface area contributed by atoms with Crippen LogP contribution in [-0.2, 0) is 9.59 Å². The average molecular weight is 294 g/mol. The molecule has 0 N–H and O–H groups in total. The lowest BCUT2D eigenvalue weighted by atomic mass is 9.79. The number of carbonyl (C=O) groups is 2. The highest BCUT2D eigenvalue weighted by atomic mass is 16.1. The van der Waals surface area contributed by atoms with Gasteiger partial charge in [-0.2, -0.15) is 0 Å². The van der Waals surface area contributed by atoms with Crippen LogP contribution in [-0.4, -0.2) is 35.5 Å². The molecule has 1 saturated carbocycles. The first-order valence-corrected chi connectivity index (χ1v) is 7.33. The highest BCUT2D eigenvalue weighted by molar-refractivity contribution is 6.22. The Balaban J connectivity index is 1.97. The quantitative estimate of drug-likeness (QED) is 0.631. The molecule has 4 heteroatoms. The van der Waals surface area contributed by atoms with Crippen LogP contribution < -0.4 is 0 Å². The molecule has 3 rings (SSSR count). The van der Waals surface area contributed by atoms with Crippen molar-refractivity contribution in [2.75, 3.05) is 14.1 Å². The SMILES string of the molecule is CN(C)C=C1C(=O)CC(c2cncc3ccccc23)CC1=O. The molecular weight excluding hydrogens is 276 g/mol. The van der Waals surface area contributed by atoms with E-state index >= 15 is 0 Å². The molecule has 4 nitrogen and oxygen atoms in total. The molecule has 1 aliphatic carbocycles. The van der Waals surface area contributed by atoms with E-state index in [1.165, 1.54) is 0 Å². The van der Waals surface area contributed by atoms with Gasteiger partial charge in [0.2, 0.25) is 0 Å². The van der Waals surface area contributed by atoms with Crippen LogP contribution in [0.2, 0.25) is 0 Å². The van der Waals surface area contributed by atoms with Gasteiger partial charge in [0, 0.05) is 56.8 Å². The van der Waals surface area contributed by atoms with Crippen LogP contribution in [0, 0.1) is 0 Å². The number of hydrogen-bond donors (Lipinski definition) is 0. The van der Waals surface area contributed by atoms with Crippen molar-refractivity contribution >= 4 is 22.3 Å². The van der Waals surface area contributed by atoms with Gasteiger partial charge < -0.3 is 4.90 Å². The van der Waals surface area contributed by atoms with Crippen LogP contribution in [0.1, 0.15) is 24.3 Å². The molecule has 2 aromatic rings. The number of Topliss-reactive ketones (excluding diaryl/α,β-unsaturated/α-hetero) is 2. The molecule has 112 valence electrons. The van der Waals surface area contributed by atoms with Gasteiger partial charge in [-0.3, -0.25) is 14.6 Å². The number of carbonyl (C=O) groups excluding carboxylic acids is 2. The predicted octanol–water partition coefficient (Wildman–Crippen LogP) is 2.70. The lowest BCUT2D eigenvalue weighted by Crippen LogP contribution is -2.26. The first-order valence-electron chi connectivity index (χ1n) is 7.33. The number of aromatic nitrogens is 1. The molecule has 0 saturated heterocycles. The van der Waals surface area contributed by atoms with Crippen molar-refractivity contribution in [3.8, 4) is 0 Å². The second-order valence-electron chi connectivity index (χ2n) is 5.91. The lowest BCUT2D eigenvalue weighted by Gasteiger charge is -2.24. The zero-order valence-electron chi connectivity index (χ0n) is 12.7. The van der Waals surface area contributed by atoms with Gasteiger partial charge in [0.25, 0.3) is 0 Å². The van der Waals surface area contributed by atoms with E-state index in [1.54, 1.807) is 17.3 Å². The zero-order chi connectivity index (χ0) is 15.7. The van der Waals surface area contributed by atoms with E-state index in [-0.39, 0.29) is 17.5 Å². The number of fused-ring (bicyclic) bond motifs is 1. The van der Waals surface area contributed by atoms with Gasteiger partial charge in [0.05, 0.1) is 5.57 Å². The van der Waals surface area contributed by atoms with Gasteiger partial charge in [-0.25, -0.2) is 0 Å². The van der Waals surface area contributed by atoms with Crippen molar-refractivity contribution in [2.24, 2.45) is 0 Å². The molecule has 1 aromatic heterocycles. The third-order valence-electron chi connectivity index (χ3n) is 3.99. The predicted molar refractivity (Wildman–Crippen MR) is 85.5 cm³/mol. The second kappa shape index (κ2) is 5.72. The molecule has 0 unspecified atom stereocenters. The maximum absolute atomic E-state index is 12.3. The largest absolute Gasteiger partial charge is 0.383 e. The molecule has 0 aliphatic heterocycles. The molecule has 0 bridgehead atoms. The summed E-state index contributed by atoms with van der Waals surface area (Å²) in [6.45, 7) is 0. The van der Waals surface area contributed by atoms with Gasteiger partial charge >= 0.3 is 0 Å². The zero-order valence-corrected chi connectivity index (χ0v) is 12.7. The van der Waals surface area contributed by atoms with E-state index in [0.717, 1.165) is 16.3 Å². The average Bonchev–Trinajstić information content (AvgIpc) is 2.50. The molecule has 1 heterocycles. The Labute approximate surface area is 129 Å². The third-order valence-corrected chi connectivity index (χ3v) is 3.99. The molecule has 0 amide bonds. The Kier molecular flexibility index (Phi) is 3.75. The monoisotopic (exact) mass is 294 g/mol. The smallest absolute Gasteiger partial charge is 0.168 e. The summed E-state index contributed by atoms with van der Waals surface area (Å²) in [6, 6.07) is 7.95. The maximum Gasteiger partial charge on any atom is 0.168 e. The van der Waals surface area contributed by atoms with Crippen molar-refractivity contribution in [2.45, 2.75) is 18.8 Å². The molecule has 0 spiro atoms. The van der Waals surface area contributed by atoms with E-state index in [1.807, 2.05) is 44.6 Å². The minimum absolute atomic E-state index is 0.0807. The van der Waals surface area contributed by atoms with Gasteiger partial charge in [0.1, 0.15) is 0 Å². The van der Waals surface area contributed by atoms with E-state index < -0.39 is 0 Å². The first kappa shape index (κ1) is 14.4. The standard InChI is InChI=1S/C18H18N2O2/c1-20(2)11-16-17(21)7-13(8-18(16)22)15-10-19-9-12-5-3-4-6-14(12)15/h3-6,9-11,13H,7-8H2,1-2H3. The molecule has 0 atom stereocenters. The Hall–Kier alpha value is -2.49. The summed E-state index contributed by atoms with van der Waals surface area (Å²) in [5, 5.41) is 2.11. The van der Waals surface area contributed by atoms with E-state index in [2.05, 4.69) is 4.98 Å². The van der Waals surface area contributed by atoms with Gasteiger partial charge in [-0.15, -0.1) is 0 Å². The van der Waals surface area contributed by atoms with Crippen LogP contribution in [0.15, 0.2) is 48.4 Å². The number of hydrogen-bond acceptors (Lipinski definition) is 4. The van der Waals surface area contributed by atoms with Gasteiger partial charge in [0.15, 0.2) is 11.6 Å². The van der Waals surface area contributed by atoms with Crippen LogP contribution in [0.5, 0.6) is 0 Å². The van der Waals surface area contributed by atoms with Gasteiger partial charge in [-0.1, -0.05) is 24.3 Å². The Morgan fingerprint density at radius 2 is 1.77 bits per heavy atom. The van der Waals surface area contributed by atoms with E-state index in [0.29, 0.717) is 18.4 Å². The van der Waals surface area contributed by atoms with E-state index in [4.69, 9.17) is 0 Å². The van der Waals surface area contributed by atoms with Crippen LogP contribution >= 0.6 is 0 Å². The second-order valence-corrected chi connectivity index (χ2v) is 5.91. The number of rotatable bonds is 2. The van der Waals surface area contributed by atoms with E-state index in [9.17, 15) is 9.59 Å². The maximum atomic E-state index is 12.3. The fourth-order valence-corrected chi connectivity index (χ4v) is 2.98. The molecule has 1 aromatic carbocycles. The van der Waals surface area contributed by atoms with Crippen molar-refractivity contribution in [1.29, 1.82) is 0 Å². The summed E-state index contributed by atoms with van der Waals surface area (Å²) in [7, 11) is 3.63. The van der Waals surface area contributed by atoms with Crippen LogP contribution in [0.4, 0.5) is 0 Å². The first-order chi connectivity index (χ1) is 10.6. The summed E-state index contributed by atoms with van der Waals surface area (Å²) in [5.74, 6) is -0.247. The molecule has 0 radical (unpaired) electrons. The molecule has 1 aliphatic rings. The fraction of sp³-hybridized carbons (Fsp3) is 0.278. The summed E-state index contributed by atoms with van der Waals surface area (Å²) in [6.07, 6.45) is 5.95. The number of allylic oxidation sites excluding steroid dienone is 1. The van der Waals surface area contributed by atoms with Crippen LogP contribution in [0.25, 0.3) is 10.8 Å². The Morgan fingerprint density at radius 1 is 1.09 bits per heavy atom. The number of ketones is 2. The minimum Gasteiger partial charge on any atom is -0.383 e. The highest BCUT2D eigenvalue weighted by Crippen LogP contribution is 2.34. The summed E-state index contributed by atoms with van der Waals surface area (Å²) >= 11 is 0. The molecular formula is C18H18N2O2. The Bertz CT molecular complexity index is 752. The lowest BCUT2D eigenvalue weighted by molar-refractivity contribution is -0.124. The molecule has 22 heavy (non-hydrogen) atoms. The summed E-state index contributed by atoms with van der Waals surface area (Å²) in [4.78, 5) is 30.6. The van der Waals surface area contributed by atoms with Gasteiger partial charge in [-0.05, 0) is 10.9 Å². The van der Waals surface area contributed by atoms with Crippen molar-refractivity contribution in [3.63, 3.8) is 0 Å². The highest BCUT2D eigenvalue weighted by Gasteiger charge is 2.32. The van der Waals surface area contributed by atoms with Crippen molar-refractivity contribution in [1.82, 2.24) is 9.88 Å². The number of pyridine rings is 1. The number of nitrogens with zero attached hydrogens (tertiary/aromatic N) is 2. The van der Waals surface area contributed by atoms with Crippen LogP contribution in [0.3, 0.4) is 0 Å².